The normalized spacial score (nSPS) is 18.7. The van der Waals surface area contributed by atoms with Crippen LogP contribution >= 0.6 is 23.2 Å². The van der Waals surface area contributed by atoms with Gasteiger partial charge < -0.3 is 29.2 Å². The van der Waals surface area contributed by atoms with Crippen LogP contribution in [0.2, 0.25) is 10.0 Å². The lowest BCUT2D eigenvalue weighted by atomic mass is 9.75. The van der Waals surface area contributed by atoms with Gasteiger partial charge in [-0.1, -0.05) is 235 Å². The van der Waals surface area contributed by atoms with E-state index in [4.69, 9.17) is 42.1 Å². The Hall–Kier alpha value is -7.60. The third-order valence-corrected chi connectivity index (χ3v) is 18.1. The van der Waals surface area contributed by atoms with Crippen molar-refractivity contribution in [2.75, 3.05) is 24.9 Å². The van der Waals surface area contributed by atoms with Crippen LogP contribution in [0.25, 0.3) is 22.3 Å². The molecule has 10 nitrogen and oxygen atoms in total. The summed E-state index contributed by atoms with van der Waals surface area (Å²) >= 11 is 13.9. The molecule has 2 aliphatic rings. The third kappa shape index (κ3) is 13.6. The summed E-state index contributed by atoms with van der Waals surface area (Å²) in [6.45, 7) is 13.2. The summed E-state index contributed by atoms with van der Waals surface area (Å²) in [5.41, 5.74) is 3.90. The number of amides is 2. The average Bonchev–Trinajstić information content (AvgIpc) is 0.845. The number of carbonyl (C=O) groups is 2. The number of nitrogens with one attached hydrogen (secondary N) is 2. The zero-order valence-corrected chi connectivity index (χ0v) is 51.9. The maximum Gasteiger partial charge on any atom is 0.411 e. The molecule has 2 amide bonds. The van der Waals surface area contributed by atoms with E-state index in [0.717, 1.165) is 38.5 Å². The van der Waals surface area contributed by atoms with Gasteiger partial charge in [-0.2, -0.15) is 0 Å². The highest BCUT2D eigenvalue weighted by Crippen LogP contribution is 2.51. The highest BCUT2D eigenvalue weighted by molar-refractivity contribution is 6.35. The van der Waals surface area contributed by atoms with Crippen molar-refractivity contribution in [3.05, 3.63) is 238 Å². The van der Waals surface area contributed by atoms with E-state index < -0.39 is 23.4 Å². The van der Waals surface area contributed by atoms with Gasteiger partial charge in [0.15, 0.2) is 0 Å². The first-order chi connectivity index (χ1) is 41.5. The van der Waals surface area contributed by atoms with E-state index in [9.17, 15) is 19.8 Å². The quantitative estimate of drug-likeness (QED) is 0.0703. The smallest absolute Gasteiger partial charge is 0.411 e. The number of anilines is 2. The van der Waals surface area contributed by atoms with Crippen molar-refractivity contribution >= 4 is 46.8 Å². The summed E-state index contributed by atoms with van der Waals surface area (Å²) in [6.07, 6.45) is 4.70. The third-order valence-electron chi connectivity index (χ3n) is 17.5. The maximum absolute atomic E-state index is 13.5. The molecule has 0 aliphatic heterocycles. The molecule has 12 heteroatoms. The summed E-state index contributed by atoms with van der Waals surface area (Å²) in [4.78, 5) is 26.9. The fourth-order valence-electron chi connectivity index (χ4n) is 13.0. The minimum absolute atomic E-state index is 0.158. The second kappa shape index (κ2) is 28.3. The first-order valence-corrected chi connectivity index (χ1v) is 30.8. The predicted octanol–water partition coefficient (Wildman–Crippen LogP) is 18.6. The molecule has 0 radical (unpaired) electrons. The summed E-state index contributed by atoms with van der Waals surface area (Å²) in [5.74, 6) is 3.47. The van der Waals surface area contributed by atoms with Crippen LogP contribution in [0, 0.1) is 35.5 Å². The second-order valence-corrected chi connectivity index (χ2v) is 24.6. The van der Waals surface area contributed by atoms with E-state index in [2.05, 4.69) is 52.2 Å². The van der Waals surface area contributed by atoms with Crippen LogP contribution in [-0.4, -0.2) is 48.8 Å². The van der Waals surface area contributed by atoms with Gasteiger partial charge in [0, 0.05) is 33.4 Å². The number of hydrogen-bond acceptors (Lipinski definition) is 8. The molecule has 6 atom stereocenters. The second-order valence-electron chi connectivity index (χ2n) is 23.8. The minimum atomic E-state index is -1.56. The van der Waals surface area contributed by atoms with Crippen LogP contribution in [-0.2, 0) is 20.7 Å². The number of halogens is 2. The summed E-state index contributed by atoms with van der Waals surface area (Å²) < 4.78 is 23.9. The van der Waals surface area contributed by atoms with Gasteiger partial charge in [-0.25, -0.2) is 9.59 Å². The molecule has 2 aliphatic carbocycles. The van der Waals surface area contributed by atoms with Crippen molar-refractivity contribution in [1.29, 1.82) is 0 Å². The molecule has 8 aromatic rings. The lowest BCUT2D eigenvalue weighted by Gasteiger charge is -2.36. The molecule has 2 fully saturated rings. The Bertz CT molecular complexity index is 3230. The summed E-state index contributed by atoms with van der Waals surface area (Å²) in [6, 6.07) is 59.9. The highest BCUT2D eigenvalue weighted by atomic mass is 35.5. The van der Waals surface area contributed by atoms with Gasteiger partial charge in [0.25, 0.3) is 0 Å². The first-order valence-electron chi connectivity index (χ1n) is 30.0. The molecule has 0 spiro atoms. The molecule has 0 unspecified atom stereocenters. The largest absolute Gasteiger partial charge is 0.496 e. The van der Waals surface area contributed by atoms with E-state index in [-0.39, 0.29) is 12.2 Å². The number of rotatable bonds is 16. The highest BCUT2D eigenvalue weighted by Gasteiger charge is 2.41. The van der Waals surface area contributed by atoms with Gasteiger partial charge in [0.2, 0.25) is 0 Å². The fourth-order valence-corrected chi connectivity index (χ4v) is 13.6. The lowest BCUT2D eigenvalue weighted by Crippen LogP contribution is -2.37. The van der Waals surface area contributed by atoms with Crippen LogP contribution < -0.4 is 20.1 Å². The monoisotopic (exact) mass is 1190 g/mol. The Morgan fingerprint density at radius 3 is 1.06 bits per heavy atom. The molecule has 86 heavy (non-hydrogen) atoms. The molecule has 10 rings (SSSR count). The molecule has 8 aromatic carbocycles. The summed E-state index contributed by atoms with van der Waals surface area (Å²) in [5, 5.41) is 32.3. The Labute approximate surface area is 517 Å². The van der Waals surface area contributed by atoms with Crippen molar-refractivity contribution in [1.82, 2.24) is 0 Å². The van der Waals surface area contributed by atoms with Crippen molar-refractivity contribution in [3.8, 4) is 33.8 Å². The zero-order valence-electron chi connectivity index (χ0n) is 50.4. The number of ether oxygens (including phenoxy) is 4. The molecular formula is C74H80Cl2N2O8. The number of carbonyl (C=O) groups excluding carboxylic acids is 2. The molecule has 0 saturated heterocycles. The maximum atomic E-state index is 13.5. The number of benzene rings is 8. The average molecular weight is 1200 g/mol. The Morgan fingerprint density at radius 2 is 0.756 bits per heavy atom. The molecule has 2 saturated carbocycles. The molecule has 0 heterocycles. The van der Waals surface area contributed by atoms with E-state index in [1.807, 2.05) is 158 Å². The van der Waals surface area contributed by atoms with Gasteiger partial charge >= 0.3 is 12.2 Å². The first kappa shape index (κ1) is 62.9. The van der Waals surface area contributed by atoms with E-state index >= 15 is 0 Å². The van der Waals surface area contributed by atoms with Crippen LogP contribution in [0.1, 0.15) is 113 Å². The SMILES string of the molecule is COc1cccc(C(O)(c2ccccc2)c2ccccc2)c1-c1c(Cl)cccc1NC(=O)O[C@@H]1C[C@H](C)CC[C@H]1C(C)C.COc1cccc(C(O)(c2ccccc2)c2ccccc2)c1-c1c(Cl)cccc1NC(=O)O[C@@H]1C[C@H](C)CC[C@H]1C(C)C. The Morgan fingerprint density at radius 1 is 0.442 bits per heavy atom. The molecular weight excluding hydrogens is 1120 g/mol. The molecule has 448 valence electrons. The van der Waals surface area contributed by atoms with Crippen molar-refractivity contribution < 1.29 is 38.7 Å². The van der Waals surface area contributed by atoms with Crippen molar-refractivity contribution in [2.45, 2.75) is 103 Å². The Kier molecular flexibility index (Phi) is 20.7. The predicted molar refractivity (Wildman–Crippen MR) is 347 cm³/mol. The molecule has 0 bridgehead atoms. The van der Waals surface area contributed by atoms with Gasteiger partial charge in [-0.15, -0.1) is 0 Å². The number of aliphatic hydroxyl groups is 2. The van der Waals surface area contributed by atoms with E-state index in [1.54, 1.807) is 50.6 Å². The minimum Gasteiger partial charge on any atom is -0.496 e. The standard InChI is InChI=1S/2C37H40ClNO4/c2*1-24(2)28-22-21-25(3)23-33(28)43-36(40)39-31-19-12-18-30(38)35(31)34-29(17-11-20-32(34)42-4)37(41,26-13-7-5-8-14-26)27-15-9-6-10-16-27/h2*5-20,24-25,28,33,41H,21-23H2,1-4H3,(H,39,40)/t2*25-,28+,33-/m11/s1. The molecule has 0 aromatic heterocycles. The van der Waals surface area contributed by atoms with Crippen molar-refractivity contribution in [3.63, 3.8) is 0 Å². The van der Waals surface area contributed by atoms with Gasteiger partial charge in [-0.3, -0.25) is 10.6 Å². The van der Waals surface area contributed by atoms with Gasteiger partial charge in [-0.05, 0) is 120 Å². The molecule has 4 N–H and O–H groups in total. The topological polar surface area (TPSA) is 136 Å². The van der Waals surface area contributed by atoms with E-state index in [0.29, 0.717) is 124 Å². The number of methoxy groups -OCH3 is 2. The van der Waals surface area contributed by atoms with Gasteiger partial charge in [0.1, 0.15) is 34.9 Å². The van der Waals surface area contributed by atoms with Crippen LogP contribution in [0.4, 0.5) is 21.0 Å². The summed E-state index contributed by atoms with van der Waals surface area (Å²) in [7, 11) is 3.17. The van der Waals surface area contributed by atoms with Crippen LogP contribution in [0.15, 0.2) is 194 Å². The van der Waals surface area contributed by atoms with Gasteiger partial charge in [0.05, 0.1) is 35.6 Å². The van der Waals surface area contributed by atoms with E-state index in [1.165, 1.54) is 0 Å². The van der Waals surface area contributed by atoms with Crippen LogP contribution in [0.5, 0.6) is 11.5 Å². The lowest BCUT2D eigenvalue weighted by molar-refractivity contribution is 0.0121. The number of hydrogen-bond donors (Lipinski definition) is 4. The Balaban J connectivity index is 0.000000205. The fraction of sp³-hybridized carbons (Fsp3) is 0.324. The van der Waals surface area contributed by atoms with Crippen LogP contribution in [0.3, 0.4) is 0 Å². The van der Waals surface area contributed by atoms with Crippen molar-refractivity contribution in [2.24, 2.45) is 35.5 Å². The zero-order chi connectivity index (χ0) is 61.1.